The molecule has 1 aliphatic rings. The van der Waals surface area contributed by atoms with Gasteiger partial charge in [0.25, 0.3) is 0 Å². The van der Waals surface area contributed by atoms with Crippen molar-refractivity contribution >= 4 is 29.1 Å². The maximum absolute atomic E-state index is 13.0. The molecular formula is C22H27N3O6. The molecule has 9 nitrogen and oxygen atoms in total. The molecule has 0 saturated heterocycles. The van der Waals surface area contributed by atoms with Gasteiger partial charge in [-0.3, -0.25) is 9.69 Å². The van der Waals surface area contributed by atoms with Gasteiger partial charge in [0.1, 0.15) is 17.5 Å². The molecule has 0 spiro atoms. The van der Waals surface area contributed by atoms with Crippen LogP contribution in [0, 0.1) is 0 Å². The van der Waals surface area contributed by atoms with Gasteiger partial charge in [-0.15, -0.1) is 0 Å². The first-order valence-corrected chi connectivity index (χ1v) is 10.1. The maximum atomic E-state index is 13.0. The molecule has 0 unspecified atom stereocenters. The standard InChI is InChI=1S/C22H27N3O6/c1-6-30-18(26)12-14-8-10-17(25(14)21(28)31-22(2,3)4)19-23-15-9-7-13(20(27)29-5)11-16(15)24-19/h7-11,14,17H,6,12H2,1-5H3,(H,23,24)/t14-,17+/m0/s1. The van der Waals surface area contributed by atoms with Crippen LogP contribution in [0.3, 0.4) is 0 Å². The number of aromatic amines is 1. The SMILES string of the molecule is CCOC(=O)C[C@@H]1C=C[C@H](c2nc3ccc(C(=O)OC)cc3[nH]2)N1C(=O)OC(C)(C)C. The first-order valence-electron chi connectivity index (χ1n) is 10.1. The number of hydrogen-bond acceptors (Lipinski definition) is 7. The van der Waals surface area contributed by atoms with Crippen molar-refractivity contribution in [3.05, 3.63) is 41.7 Å². The second kappa shape index (κ2) is 8.79. The number of H-pyrrole nitrogens is 1. The lowest BCUT2D eigenvalue weighted by Crippen LogP contribution is -2.42. The van der Waals surface area contributed by atoms with Crippen molar-refractivity contribution in [2.45, 2.75) is 51.8 Å². The van der Waals surface area contributed by atoms with Crippen LogP contribution in [0.5, 0.6) is 0 Å². The molecule has 1 aromatic heterocycles. The van der Waals surface area contributed by atoms with E-state index in [0.29, 0.717) is 22.4 Å². The van der Waals surface area contributed by atoms with Crippen molar-refractivity contribution in [1.82, 2.24) is 14.9 Å². The second-order valence-corrected chi connectivity index (χ2v) is 8.14. The van der Waals surface area contributed by atoms with Gasteiger partial charge in [-0.2, -0.15) is 0 Å². The van der Waals surface area contributed by atoms with E-state index in [1.54, 1.807) is 58.0 Å². The largest absolute Gasteiger partial charge is 0.466 e. The molecule has 2 atom stereocenters. The average Bonchev–Trinajstić information content (AvgIpc) is 3.29. The van der Waals surface area contributed by atoms with Gasteiger partial charge < -0.3 is 19.2 Å². The number of carbonyl (C=O) groups is 3. The van der Waals surface area contributed by atoms with E-state index in [1.165, 1.54) is 12.0 Å². The number of aromatic nitrogens is 2. The Morgan fingerprint density at radius 3 is 2.58 bits per heavy atom. The highest BCUT2D eigenvalue weighted by Gasteiger charge is 2.39. The van der Waals surface area contributed by atoms with Crippen molar-refractivity contribution in [1.29, 1.82) is 0 Å². The molecular weight excluding hydrogens is 402 g/mol. The number of nitrogens with zero attached hydrogens (tertiary/aromatic N) is 2. The predicted octanol–water partition coefficient (Wildman–Crippen LogP) is 3.52. The summed E-state index contributed by atoms with van der Waals surface area (Å²) < 4.78 is 15.4. The number of benzene rings is 1. The van der Waals surface area contributed by atoms with Gasteiger partial charge >= 0.3 is 18.0 Å². The van der Waals surface area contributed by atoms with Crippen molar-refractivity contribution in [3.8, 4) is 0 Å². The molecule has 1 N–H and O–H groups in total. The molecule has 0 fully saturated rings. The third-order valence-corrected chi connectivity index (χ3v) is 4.66. The van der Waals surface area contributed by atoms with Crippen LogP contribution in [-0.2, 0) is 19.0 Å². The number of hydrogen-bond donors (Lipinski definition) is 1. The van der Waals surface area contributed by atoms with E-state index in [0.717, 1.165) is 0 Å². The number of esters is 2. The topological polar surface area (TPSA) is 111 Å². The zero-order valence-corrected chi connectivity index (χ0v) is 18.3. The smallest absolute Gasteiger partial charge is 0.411 e. The Balaban J connectivity index is 1.93. The van der Waals surface area contributed by atoms with Crippen LogP contribution in [0.2, 0.25) is 0 Å². The van der Waals surface area contributed by atoms with Gasteiger partial charge in [0, 0.05) is 0 Å². The van der Waals surface area contributed by atoms with Crippen LogP contribution < -0.4 is 0 Å². The number of methoxy groups -OCH3 is 1. The Hall–Kier alpha value is -3.36. The van der Waals surface area contributed by atoms with Crippen molar-refractivity contribution in [3.63, 3.8) is 0 Å². The third-order valence-electron chi connectivity index (χ3n) is 4.66. The lowest BCUT2D eigenvalue weighted by molar-refractivity contribution is -0.144. The van der Waals surface area contributed by atoms with E-state index >= 15 is 0 Å². The van der Waals surface area contributed by atoms with Crippen LogP contribution in [0.1, 0.15) is 56.3 Å². The molecule has 2 heterocycles. The molecule has 0 radical (unpaired) electrons. The fraction of sp³-hybridized carbons (Fsp3) is 0.455. The van der Waals surface area contributed by atoms with Gasteiger partial charge in [-0.05, 0) is 45.9 Å². The summed E-state index contributed by atoms with van der Waals surface area (Å²) in [6, 6.07) is 3.87. The summed E-state index contributed by atoms with van der Waals surface area (Å²) in [6.07, 6.45) is 3.02. The van der Waals surface area contributed by atoms with E-state index in [9.17, 15) is 14.4 Å². The maximum Gasteiger partial charge on any atom is 0.411 e. The number of imidazole rings is 1. The third kappa shape index (κ3) is 5.04. The molecule has 1 aliphatic heterocycles. The number of ether oxygens (including phenoxy) is 3. The summed E-state index contributed by atoms with van der Waals surface area (Å²) in [6.45, 7) is 7.32. The molecule has 31 heavy (non-hydrogen) atoms. The minimum Gasteiger partial charge on any atom is -0.466 e. The lowest BCUT2D eigenvalue weighted by atomic mass is 10.2. The fourth-order valence-electron chi connectivity index (χ4n) is 3.38. The molecule has 166 valence electrons. The number of nitrogens with one attached hydrogen (secondary N) is 1. The average molecular weight is 429 g/mol. The molecule has 0 bridgehead atoms. The van der Waals surface area contributed by atoms with Gasteiger partial charge in [-0.1, -0.05) is 12.2 Å². The van der Waals surface area contributed by atoms with Gasteiger partial charge in [0.2, 0.25) is 0 Å². The van der Waals surface area contributed by atoms with Crippen LogP contribution >= 0.6 is 0 Å². The second-order valence-electron chi connectivity index (χ2n) is 8.14. The van der Waals surface area contributed by atoms with Gasteiger partial charge in [-0.25, -0.2) is 14.6 Å². The Labute approximate surface area is 180 Å². The Morgan fingerprint density at radius 1 is 1.19 bits per heavy atom. The first kappa shape index (κ1) is 22.3. The fourth-order valence-corrected chi connectivity index (χ4v) is 3.38. The van der Waals surface area contributed by atoms with E-state index in [-0.39, 0.29) is 13.0 Å². The molecule has 9 heteroatoms. The van der Waals surface area contributed by atoms with Crippen molar-refractivity contribution < 1.29 is 28.6 Å². The quantitative estimate of drug-likeness (QED) is 0.440. The van der Waals surface area contributed by atoms with E-state index in [4.69, 9.17) is 14.2 Å². The molecule has 2 aromatic rings. The van der Waals surface area contributed by atoms with Crippen molar-refractivity contribution in [2.75, 3.05) is 13.7 Å². The Bertz CT molecular complexity index is 1020. The zero-order chi connectivity index (χ0) is 22.8. The summed E-state index contributed by atoms with van der Waals surface area (Å²) in [5, 5.41) is 0. The minimum absolute atomic E-state index is 0.00675. The molecule has 3 rings (SSSR count). The molecule has 0 aliphatic carbocycles. The number of fused-ring (bicyclic) bond motifs is 1. The van der Waals surface area contributed by atoms with Gasteiger partial charge in [0.05, 0.1) is 42.8 Å². The van der Waals surface area contributed by atoms with Crippen LogP contribution in [0.25, 0.3) is 11.0 Å². The van der Waals surface area contributed by atoms with E-state index < -0.39 is 35.7 Å². The number of amides is 1. The Kier molecular flexibility index (Phi) is 6.33. The van der Waals surface area contributed by atoms with Crippen LogP contribution in [0.15, 0.2) is 30.4 Å². The van der Waals surface area contributed by atoms with Gasteiger partial charge in [0.15, 0.2) is 0 Å². The monoisotopic (exact) mass is 429 g/mol. The summed E-state index contributed by atoms with van der Waals surface area (Å²) in [7, 11) is 1.32. The highest BCUT2D eigenvalue weighted by atomic mass is 16.6. The first-order chi connectivity index (χ1) is 14.6. The summed E-state index contributed by atoms with van der Waals surface area (Å²) in [4.78, 5) is 46.1. The van der Waals surface area contributed by atoms with E-state index in [1.807, 2.05) is 0 Å². The summed E-state index contributed by atoms with van der Waals surface area (Å²) >= 11 is 0. The molecule has 1 amide bonds. The zero-order valence-electron chi connectivity index (χ0n) is 18.3. The summed E-state index contributed by atoms with van der Waals surface area (Å²) in [5.74, 6) is -0.368. The highest BCUT2D eigenvalue weighted by molar-refractivity contribution is 5.93. The predicted molar refractivity (Wildman–Crippen MR) is 112 cm³/mol. The normalized spacial score (nSPS) is 18.3. The number of carbonyl (C=O) groups excluding carboxylic acids is 3. The summed E-state index contributed by atoms with van der Waals surface area (Å²) in [5.41, 5.74) is 0.941. The van der Waals surface area contributed by atoms with Crippen LogP contribution in [0.4, 0.5) is 4.79 Å². The number of rotatable bonds is 5. The Morgan fingerprint density at radius 2 is 1.94 bits per heavy atom. The van der Waals surface area contributed by atoms with E-state index in [2.05, 4.69) is 9.97 Å². The lowest BCUT2D eigenvalue weighted by Gasteiger charge is -2.31. The van der Waals surface area contributed by atoms with Crippen LogP contribution in [-0.4, -0.2) is 58.3 Å². The van der Waals surface area contributed by atoms with Crippen molar-refractivity contribution in [2.24, 2.45) is 0 Å². The minimum atomic E-state index is -0.706. The molecule has 1 aromatic carbocycles. The highest BCUT2D eigenvalue weighted by Crippen LogP contribution is 2.33. The molecule has 0 saturated carbocycles.